The van der Waals surface area contributed by atoms with E-state index in [1.54, 1.807) is 0 Å². The van der Waals surface area contributed by atoms with Crippen LogP contribution in [0, 0.1) is 6.92 Å². The zero-order valence-electron chi connectivity index (χ0n) is 15.2. The van der Waals surface area contributed by atoms with Gasteiger partial charge >= 0.3 is 6.03 Å². The highest BCUT2D eigenvalue weighted by atomic mass is 16.2. The van der Waals surface area contributed by atoms with Gasteiger partial charge < -0.3 is 19.6 Å². The van der Waals surface area contributed by atoms with E-state index in [9.17, 15) is 4.79 Å². The Morgan fingerprint density at radius 1 is 1.12 bits per heavy atom. The van der Waals surface area contributed by atoms with Gasteiger partial charge in [-0.25, -0.2) is 9.78 Å². The zero-order valence-corrected chi connectivity index (χ0v) is 15.2. The first-order valence-corrected chi connectivity index (χ1v) is 8.94. The Kier molecular flexibility index (Phi) is 5.23. The van der Waals surface area contributed by atoms with E-state index < -0.39 is 0 Å². The molecule has 0 atom stereocenters. The number of fused-ring (bicyclic) bond motifs is 1. The normalized spacial score (nSPS) is 18.1. The summed E-state index contributed by atoms with van der Waals surface area (Å²) in [6.07, 6.45) is 2.26. The first-order chi connectivity index (χ1) is 11.5. The van der Waals surface area contributed by atoms with Gasteiger partial charge in [0, 0.05) is 50.5 Å². The average molecular weight is 331 g/mol. The standard InChI is InChI=1S/C18H29N5O/c1-15-6-7-16-14-23(18(24)22-8-4-5-9-22)13-12-21(17(16)19-15)11-10-20(2)3/h6-7H,4-5,8-14H2,1-3H3. The maximum atomic E-state index is 12.8. The molecule has 132 valence electrons. The molecule has 0 spiro atoms. The van der Waals surface area contributed by atoms with Crippen LogP contribution in [0.2, 0.25) is 0 Å². The number of anilines is 1. The molecule has 2 aliphatic heterocycles. The van der Waals surface area contributed by atoms with Gasteiger partial charge in [0.1, 0.15) is 5.82 Å². The van der Waals surface area contributed by atoms with Crippen molar-refractivity contribution in [1.29, 1.82) is 0 Å². The number of amides is 2. The summed E-state index contributed by atoms with van der Waals surface area (Å²) in [5.74, 6) is 1.05. The summed E-state index contributed by atoms with van der Waals surface area (Å²) >= 11 is 0. The quantitative estimate of drug-likeness (QED) is 0.847. The Morgan fingerprint density at radius 3 is 2.58 bits per heavy atom. The molecule has 0 unspecified atom stereocenters. The number of pyridine rings is 1. The van der Waals surface area contributed by atoms with Crippen LogP contribution in [0.3, 0.4) is 0 Å². The van der Waals surface area contributed by atoms with E-state index in [4.69, 9.17) is 4.98 Å². The predicted octanol–water partition coefficient (Wildman–Crippen LogP) is 1.79. The number of aromatic nitrogens is 1. The number of urea groups is 1. The smallest absolute Gasteiger partial charge is 0.320 e. The minimum absolute atomic E-state index is 0.188. The van der Waals surface area contributed by atoms with Gasteiger partial charge in [0.2, 0.25) is 0 Å². The van der Waals surface area contributed by atoms with Crippen LogP contribution < -0.4 is 4.90 Å². The third kappa shape index (κ3) is 3.80. The molecule has 0 aromatic carbocycles. The SMILES string of the molecule is Cc1ccc2c(n1)N(CCN(C)C)CCN(C(=O)N1CCCC1)C2. The molecule has 2 amide bonds. The van der Waals surface area contributed by atoms with Crippen molar-refractivity contribution in [3.8, 4) is 0 Å². The number of nitrogens with zero attached hydrogens (tertiary/aromatic N) is 5. The molecule has 0 radical (unpaired) electrons. The molecule has 24 heavy (non-hydrogen) atoms. The number of carbonyl (C=O) groups is 1. The molecule has 6 heteroatoms. The first kappa shape index (κ1) is 17.0. The second-order valence-electron chi connectivity index (χ2n) is 7.12. The molecule has 3 rings (SSSR count). The number of rotatable bonds is 3. The van der Waals surface area contributed by atoms with E-state index in [1.807, 2.05) is 22.8 Å². The molecule has 1 aromatic heterocycles. The number of aryl methyl sites for hydroxylation is 1. The summed E-state index contributed by atoms with van der Waals surface area (Å²) in [5, 5.41) is 0. The van der Waals surface area contributed by atoms with Crippen LogP contribution in [0.15, 0.2) is 12.1 Å². The number of likely N-dealkylation sites (tertiary alicyclic amines) is 1. The average Bonchev–Trinajstić information content (AvgIpc) is 3.02. The maximum absolute atomic E-state index is 12.8. The van der Waals surface area contributed by atoms with Crippen LogP contribution in [-0.4, -0.2) is 79.1 Å². The second kappa shape index (κ2) is 7.38. The molecule has 0 saturated carbocycles. The highest BCUT2D eigenvalue weighted by Crippen LogP contribution is 2.24. The van der Waals surface area contributed by atoms with Gasteiger partial charge in [-0.1, -0.05) is 6.07 Å². The van der Waals surface area contributed by atoms with Gasteiger partial charge in [0.05, 0.1) is 6.54 Å². The molecule has 2 aliphatic rings. The molecule has 1 saturated heterocycles. The summed E-state index contributed by atoms with van der Waals surface area (Å²) in [4.78, 5) is 26.1. The summed E-state index contributed by atoms with van der Waals surface area (Å²) in [7, 11) is 4.18. The van der Waals surface area contributed by atoms with Crippen molar-refractivity contribution in [3.63, 3.8) is 0 Å². The lowest BCUT2D eigenvalue weighted by atomic mass is 10.2. The van der Waals surface area contributed by atoms with E-state index in [-0.39, 0.29) is 6.03 Å². The summed E-state index contributed by atoms with van der Waals surface area (Å²) in [6, 6.07) is 4.37. The van der Waals surface area contributed by atoms with Crippen molar-refractivity contribution in [2.45, 2.75) is 26.3 Å². The van der Waals surface area contributed by atoms with E-state index >= 15 is 0 Å². The van der Waals surface area contributed by atoms with Gasteiger partial charge in [-0.05, 0) is 39.9 Å². The molecule has 3 heterocycles. The largest absolute Gasteiger partial charge is 0.353 e. The first-order valence-electron chi connectivity index (χ1n) is 8.94. The van der Waals surface area contributed by atoms with Crippen molar-refractivity contribution in [2.24, 2.45) is 0 Å². The van der Waals surface area contributed by atoms with Crippen LogP contribution in [0.1, 0.15) is 24.1 Å². The Labute approximate surface area is 145 Å². The summed E-state index contributed by atoms with van der Waals surface area (Å²) in [6.45, 7) is 8.02. The zero-order chi connectivity index (χ0) is 17.1. The fraction of sp³-hybridized carbons (Fsp3) is 0.667. The van der Waals surface area contributed by atoms with Crippen LogP contribution >= 0.6 is 0 Å². The van der Waals surface area contributed by atoms with Crippen LogP contribution in [0.4, 0.5) is 10.6 Å². The third-order valence-corrected chi connectivity index (χ3v) is 4.86. The Hall–Kier alpha value is -1.82. The van der Waals surface area contributed by atoms with E-state index in [0.29, 0.717) is 6.54 Å². The maximum Gasteiger partial charge on any atom is 0.320 e. The minimum atomic E-state index is 0.188. The lowest BCUT2D eigenvalue weighted by molar-refractivity contribution is 0.162. The van der Waals surface area contributed by atoms with E-state index in [2.05, 4.69) is 30.0 Å². The second-order valence-corrected chi connectivity index (χ2v) is 7.12. The van der Waals surface area contributed by atoms with Gasteiger partial charge in [-0.15, -0.1) is 0 Å². The molecular weight excluding hydrogens is 302 g/mol. The van der Waals surface area contributed by atoms with Crippen molar-refractivity contribution in [3.05, 3.63) is 23.4 Å². The van der Waals surface area contributed by atoms with Gasteiger partial charge in [0.25, 0.3) is 0 Å². The van der Waals surface area contributed by atoms with Crippen LogP contribution in [0.5, 0.6) is 0 Å². The van der Waals surface area contributed by atoms with Crippen molar-refractivity contribution in [2.75, 3.05) is 58.3 Å². The van der Waals surface area contributed by atoms with Gasteiger partial charge in [-0.3, -0.25) is 0 Å². The molecule has 6 nitrogen and oxygen atoms in total. The third-order valence-electron chi connectivity index (χ3n) is 4.86. The van der Waals surface area contributed by atoms with E-state index in [1.165, 1.54) is 0 Å². The number of hydrogen-bond acceptors (Lipinski definition) is 4. The topological polar surface area (TPSA) is 42.9 Å². The highest BCUT2D eigenvalue weighted by Gasteiger charge is 2.28. The summed E-state index contributed by atoms with van der Waals surface area (Å²) in [5.41, 5.74) is 2.19. The van der Waals surface area contributed by atoms with Crippen molar-refractivity contribution in [1.82, 2.24) is 19.7 Å². The fourth-order valence-electron chi connectivity index (χ4n) is 3.41. The molecule has 0 aliphatic carbocycles. The fourth-order valence-corrected chi connectivity index (χ4v) is 3.41. The highest BCUT2D eigenvalue weighted by molar-refractivity contribution is 5.75. The Bertz CT molecular complexity index is 583. The minimum Gasteiger partial charge on any atom is -0.353 e. The lowest BCUT2D eigenvalue weighted by Crippen LogP contribution is -2.43. The summed E-state index contributed by atoms with van der Waals surface area (Å²) < 4.78 is 0. The van der Waals surface area contributed by atoms with Crippen LogP contribution in [0.25, 0.3) is 0 Å². The Balaban J connectivity index is 1.80. The molecule has 0 N–H and O–H groups in total. The number of carbonyl (C=O) groups excluding carboxylic acids is 1. The molecule has 0 bridgehead atoms. The van der Waals surface area contributed by atoms with Crippen LogP contribution in [-0.2, 0) is 6.54 Å². The van der Waals surface area contributed by atoms with Crippen molar-refractivity contribution >= 4 is 11.8 Å². The monoisotopic (exact) mass is 331 g/mol. The molecule has 1 fully saturated rings. The van der Waals surface area contributed by atoms with Crippen molar-refractivity contribution < 1.29 is 4.79 Å². The number of likely N-dealkylation sites (N-methyl/N-ethyl adjacent to an activating group) is 1. The molecule has 1 aromatic rings. The van der Waals surface area contributed by atoms with Gasteiger partial charge in [-0.2, -0.15) is 0 Å². The van der Waals surface area contributed by atoms with Gasteiger partial charge in [0.15, 0.2) is 0 Å². The predicted molar refractivity (Wildman–Crippen MR) is 96.4 cm³/mol. The van der Waals surface area contributed by atoms with E-state index in [0.717, 1.165) is 69.2 Å². The Morgan fingerprint density at radius 2 is 1.88 bits per heavy atom. The molecular formula is C18H29N5O. The lowest BCUT2D eigenvalue weighted by Gasteiger charge is -2.27. The number of hydrogen-bond donors (Lipinski definition) is 0.